The number of rotatable bonds is 5. The number of aliphatic imine (C=N–C) groups is 1. The Morgan fingerprint density at radius 3 is 2.50 bits per heavy atom. The van der Waals surface area contributed by atoms with Gasteiger partial charge >= 0.3 is 0 Å². The van der Waals surface area contributed by atoms with Gasteiger partial charge in [0.15, 0.2) is 5.17 Å². The molecule has 34 heavy (non-hydrogen) atoms. The van der Waals surface area contributed by atoms with E-state index in [4.69, 9.17) is 32.9 Å². The lowest BCUT2D eigenvalue weighted by atomic mass is 9.91. The molecule has 2 aliphatic heterocycles. The highest BCUT2D eigenvalue weighted by molar-refractivity contribution is 8.13. The Bertz CT molecular complexity index is 1280. The molecule has 2 heterocycles. The van der Waals surface area contributed by atoms with Gasteiger partial charge in [-0.05, 0) is 58.5 Å². The zero-order valence-corrected chi connectivity index (χ0v) is 21.3. The molecule has 0 radical (unpaired) electrons. The van der Waals surface area contributed by atoms with Gasteiger partial charge in [-0.25, -0.2) is 4.99 Å². The number of carbonyl (C=O) groups is 1. The molecule has 0 saturated heterocycles. The number of amidine groups is 1. The van der Waals surface area contributed by atoms with Crippen LogP contribution in [0.2, 0.25) is 10.0 Å². The Morgan fingerprint density at radius 2 is 1.79 bits per heavy atom. The van der Waals surface area contributed by atoms with Gasteiger partial charge in [0, 0.05) is 5.75 Å². The van der Waals surface area contributed by atoms with Crippen molar-refractivity contribution in [1.29, 1.82) is 0 Å². The number of hydrogen-bond donors (Lipinski definition) is 0. The molecule has 3 aromatic rings. The summed E-state index contributed by atoms with van der Waals surface area (Å²) in [6, 6.07) is 23.1. The molecule has 0 N–H and O–H groups in total. The number of nitrogens with zero attached hydrogens (tertiary/aromatic N) is 2. The molecule has 1 amide bonds. The van der Waals surface area contributed by atoms with Crippen molar-refractivity contribution >= 4 is 69.1 Å². The second kappa shape index (κ2) is 10.1. The maximum atomic E-state index is 13.9. The van der Waals surface area contributed by atoms with Crippen molar-refractivity contribution < 1.29 is 9.53 Å². The van der Waals surface area contributed by atoms with E-state index < -0.39 is 0 Å². The molecule has 8 heteroatoms. The van der Waals surface area contributed by atoms with E-state index in [9.17, 15) is 4.79 Å². The summed E-state index contributed by atoms with van der Waals surface area (Å²) >= 11 is 15.4. The lowest BCUT2D eigenvalue weighted by molar-refractivity contribution is -0.120. The Hall–Kier alpha value is -2.38. The number of carbonyl (C=O) groups excluding carboxylic acids is 1. The number of halogens is 2. The van der Waals surface area contributed by atoms with Crippen LogP contribution in [0.15, 0.2) is 83.2 Å². The molecular weight excluding hydrogens is 507 g/mol. The molecule has 0 aliphatic carbocycles. The van der Waals surface area contributed by atoms with E-state index >= 15 is 0 Å². The van der Waals surface area contributed by atoms with Crippen molar-refractivity contribution in [2.45, 2.75) is 11.1 Å². The summed E-state index contributed by atoms with van der Waals surface area (Å²) in [5, 5.41) is 3.59. The van der Waals surface area contributed by atoms with Crippen molar-refractivity contribution in [1.82, 2.24) is 0 Å². The Balaban J connectivity index is 1.46. The molecule has 0 bridgehead atoms. The number of methoxy groups -OCH3 is 1. The van der Waals surface area contributed by atoms with Gasteiger partial charge in [-0.2, -0.15) is 0 Å². The van der Waals surface area contributed by atoms with Gasteiger partial charge in [-0.3, -0.25) is 9.69 Å². The first-order valence-corrected chi connectivity index (χ1v) is 13.3. The van der Waals surface area contributed by atoms with Crippen LogP contribution in [0, 0.1) is 5.92 Å². The van der Waals surface area contributed by atoms with Gasteiger partial charge in [0.05, 0.1) is 28.8 Å². The molecule has 4 nitrogen and oxygen atoms in total. The van der Waals surface area contributed by atoms with Gasteiger partial charge in [0.2, 0.25) is 5.91 Å². The van der Waals surface area contributed by atoms with E-state index in [0.29, 0.717) is 21.0 Å². The number of anilines is 1. The molecule has 0 spiro atoms. The topological polar surface area (TPSA) is 41.9 Å². The minimum Gasteiger partial charge on any atom is -0.497 e. The molecule has 2 aliphatic rings. The zero-order valence-electron chi connectivity index (χ0n) is 18.2. The van der Waals surface area contributed by atoms with Crippen LogP contribution in [0.25, 0.3) is 5.57 Å². The van der Waals surface area contributed by atoms with Gasteiger partial charge in [0.25, 0.3) is 0 Å². The van der Waals surface area contributed by atoms with Crippen LogP contribution >= 0.6 is 46.7 Å². The van der Waals surface area contributed by atoms with Gasteiger partial charge < -0.3 is 4.74 Å². The van der Waals surface area contributed by atoms with E-state index in [1.165, 1.54) is 11.8 Å². The molecule has 3 aromatic carbocycles. The summed E-state index contributed by atoms with van der Waals surface area (Å²) in [6.45, 7) is 0. The van der Waals surface area contributed by atoms with Gasteiger partial charge in [-0.15, -0.1) is 11.8 Å². The molecule has 0 aromatic heterocycles. The first kappa shape index (κ1) is 23.4. The molecule has 0 fully saturated rings. The van der Waals surface area contributed by atoms with Crippen molar-refractivity contribution in [2.75, 3.05) is 12.0 Å². The number of fused-ring (bicyclic) bond motifs is 1. The summed E-state index contributed by atoms with van der Waals surface area (Å²) in [7, 11) is 1.64. The highest BCUT2D eigenvalue weighted by Gasteiger charge is 2.44. The third kappa shape index (κ3) is 4.60. The van der Waals surface area contributed by atoms with Crippen molar-refractivity contribution in [2.24, 2.45) is 10.9 Å². The minimum absolute atomic E-state index is 0.0231. The van der Waals surface area contributed by atoms with Crippen LogP contribution in [0.3, 0.4) is 0 Å². The first-order chi connectivity index (χ1) is 16.5. The highest BCUT2D eigenvalue weighted by atomic mass is 35.5. The van der Waals surface area contributed by atoms with Crippen molar-refractivity contribution in [3.05, 3.63) is 99.4 Å². The fraction of sp³-hybridized carbons (Fsp3) is 0.154. The van der Waals surface area contributed by atoms with E-state index in [1.54, 1.807) is 29.8 Å². The van der Waals surface area contributed by atoms with Crippen LogP contribution in [0.4, 0.5) is 5.69 Å². The summed E-state index contributed by atoms with van der Waals surface area (Å²) < 4.78 is 5.29. The van der Waals surface area contributed by atoms with Crippen LogP contribution in [-0.4, -0.2) is 23.6 Å². The van der Waals surface area contributed by atoms with E-state index in [1.807, 2.05) is 66.7 Å². The van der Waals surface area contributed by atoms with Crippen LogP contribution in [0.5, 0.6) is 5.75 Å². The third-order valence-corrected chi connectivity index (χ3v) is 8.47. The van der Waals surface area contributed by atoms with Crippen molar-refractivity contribution in [3.63, 3.8) is 0 Å². The maximum absolute atomic E-state index is 13.9. The number of benzene rings is 3. The predicted octanol–water partition coefficient (Wildman–Crippen LogP) is 7.37. The number of thioether (sulfide) groups is 2. The van der Waals surface area contributed by atoms with Crippen molar-refractivity contribution in [3.8, 4) is 5.75 Å². The standard InChI is InChI=1S/C26H20Cl2N2O2S2/c1-32-19-10-8-17(9-11-19)20-15-33-24-23(20)25(31)30(18-5-3-2-4-6-18)26(29-24)34-14-16-7-12-21(27)22(28)13-16/h2-13,15,23-24H,14H2,1H3. The van der Waals surface area contributed by atoms with Gasteiger partial charge in [-0.1, -0.05) is 71.4 Å². The number of ether oxygens (including phenoxy) is 1. The first-order valence-electron chi connectivity index (χ1n) is 10.6. The monoisotopic (exact) mass is 526 g/mol. The minimum atomic E-state index is -0.354. The number of amides is 1. The lowest BCUT2D eigenvalue weighted by Gasteiger charge is -2.34. The fourth-order valence-electron chi connectivity index (χ4n) is 3.93. The SMILES string of the molecule is COc1ccc(C2=CSC3N=C(SCc4ccc(Cl)c(Cl)c4)N(c4ccccc4)C(=O)C23)cc1. The zero-order chi connectivity index (χ0) is 23.7. The quantitative estimate of drug-likeness (QED) is 0.348. The number of hydrogen-bond acceptors (Lipinski definition) is 5. The predicted molar refractivity (Wildman–Crippen MR) is 145 cm³/mol. The Labute approximate surface area is 217 Å². The average molecular weight is 527 g/mol. The van der Waals surface area contributed by atoms with Crippen LogP contribution in [-0.2, 0) is 10.5 Å². The third-order valence-electron chi connectivity index (χ3n) is 5.66. The molecule has 0 saturated carbocycles. The maximum Gasteiger partial charge on any atom is 0.243 e. The van der Waals surface area contributed by atoms with E-state index in [-0.39, 0.29) is 17.2 Å². The molecule has 172 valence electrons. The second-order valence-corrected chi connectivity index (χ2v) is 10.5. The molecular formula is C26H20Cl2N2O2S2. The summed E-state index contributed by atoms with van der Waals surface area (Å²) in [6.07, 6.45) is 0. The van der Waals surface area contributed by atoms with Gasteiger partial charge in [0.1, 0.15) is 11.1 Å². The van der Waals surface area contributed by atoms with E-state index in [2.05, 4.69) is 5.41 Å². The van der Waals surface area contributed by atoms with Crippen LogP contribution in [0.1, 0.15) is 11.1 Å². The normalized spacial score (nSPS) is 19.5. The summed E-state index contributed by atoms with van der Waals surface area (Å²) in [5.41, 5.74) is 3.81. The van der Waals surface area contributed by atoms with Crippen LogP contribution < -0.4 is 9.64 Å². The lowest BCUT2D eigenvalue weighted by Crippen LogP contribution is -2.46. The average Bonchev–Trinajstić information content (AvgIpc) is 3.30. The Morgan fingerprint density at radius 1 is 1.03 bits per heavy atom. The largest absolute Gasteiger partial charge is 0.497 e. The molecule has 2 atom stereocenters. The smallest absolute Gasteiger partial charge is 0.243 e. The Kier molecular flexibility index (Phi) is 6.93. The van der Waals surface area contributed by atoms with E-state index in [0.717, 1.165) is 28.1 Å². The summed E-state index contributed by atoms with van der Waals surface area (Å²) in [5.74, 6) is 1.07. The molecule has 5 rings (SSSR count). The number of para-hydroxylation sites is 1. The molecule has 2 unspecified atom stereocenters. The fourth-order valence-corrected chi connectivity index (χ4v) is 6.46. The summed E-state index contributed by atoms with van der Waals surface area (Å²) in [4.78, 5) is 20.7. The second-order valence-electron chi connectivity index (χ2n) is 7.76. The highest BCUT2D eigenvalue weighted by Crippen LogP contribution is 2.47.